The molecule has 0 saturated carbocycles. The quantitative estimate of drug-likeness (QED) is 0.797. The summed E-state index contributed by atoms with van der Waals surface area (Å²) in [6.07, 6.45) is 3.02. The van der Waals surface area contributed by atoms with Gasteiger partial charge in [-0.1, -0.05) is 37.7 Å². The van der Waals surface area contributed by atoms with E-state index < -0.39 is 0 Å². The summed E-state index contributed by atoms with van der Waals surface area (Å²) < 4.78 is 7.28. The van der Waals surface area contributed by atoms with Gasteiger partial charge in [-0.25, -0.2) is 4.98 Å². The second kappa shape index (κ2) is 7.52. The first-order valence-electron chi connectivity index (χ1n) is 7.12. The third-order valence-electron chi connectivity index (χ3n) is 3.35. The molecule has 1 N–H and O–H groups in total. The Balaban J connectivity index is 2.18. The SMILES string of the molecule is CCC(C)Sc1nc(CO)cn1Cc1ccc(OC)cc1. The maximum atomic E-state index is 9.30. The van der Waals surface area contributed by atoms with Gasteiger partial charge in [0.1, 0.15) is 5.75 Å². The number of aromatic nitrogens is 2. The predicted octanol–water partition coefficient (Wildman–Crippen LogP) is 3.32. The summed E-state index contributed by atoms with van der Waals surface area (Å²) in [5, 5.41) is 10.8. The van der Waals surface area contributed by atoms with E-state index in [4.69, 9.17) is 4.74 Å². The van der Waals surface area contributed by atoms with Crippen LogP contribution in [0, 0.1) is 0 Å². The van der Waals surface area contributed by atoms with Crippen LogP contribution in [0.25, 0.3) is 0 Å². The number of nitrogens with zero attached hydrogens (tertiary/aromatic N) is 2. The predicted molar refractivity (Wildman–Crippen MR) is 85.9 cm³/mol. The lowest BCUT2D eigenvalue weighted by molar-refractivity contribution is 0.277. The molecule has 1 aromatic carbocycles. The Hall–Kier alpha value is -1.46. The normalized spacial score (nSPS) is 12.4. The second-order valence-electron chi connectivity index (χ2n) is 4.99. The zero-order valence-corrected chi connectivity index (χ0v) is 13.6. The number of aliphatic hydroxyl groups is 1. The van der Waals surface area contributed by atoms with Crippen molar-refractivity contribution in [1.29, 1.82) is 0 Å². The monoisotopic (exact) mass is 306 g/mol. The van der Waals surface area contributed by atoms with E-state index in [1.54, 1.807) is 18.9 Å². The second-order valence-corrected chi connectivity index (χ2v) is 6.39. The molecule has 5 heteroatoms. The third kappa shape index (κ3) is 4.25. The number of hydrogen-bond donors (Lipinski definition) is 1. The lowest BCUT2D eigenvalue weighted by Crippen LogP contribution is -2.03. The average molecular weight is 306 g/mol. The van der Waals surface area contributed by atoms with E-state index in [9.17, 15) is 5.11 Å². The largest absolute Gasteiger partial charge is 0.497 e. The maximum absolute atomic E-state index is 9.30. The Kier molecular flexibility index (Phi) is 5.70. The van der Waals surface area contributed by atoms with Crippen LogP contribution in [-0.2, 0) is 13.2 Å². The van der Waals surface area contributed by atoms with Gasteiger partial charge in [-0.05, 0) is 24.1 Å². The summed E-state index contributed by atoms with van der Waals surface area (Å²) in [6, 6.07) is 8.02. The standard InChI is InChI=1S/C16H22N2O2S/c1-4-12(2)21-16-17-14(11-19)10-18(16)9-13-5-7-15(20-3)8-6-13/h5-8,10,12,19H,4,9,11H2,1-3H3. The zero-order valence-electron chi connectivity index (χ0n) is 12.7. The van der Waals surface area contributed by atoms with E-state index in [2.05, 4.69) is 35.5 Å². The molecule has 1 heterocycles. The summed E-state index contributed by atoms with van der Waals surface area (Å²) in [4.78, 5) is 4.50. The minimum absolute atomic E-state index is 0.0241. The molecule has 4 nitrogen and oxygen atoms in total. The fourth-order valence-electron chi connectivity index (χ4n) is 1.93. The molecule has 1 unspecified atom stereocenters. The zero-order chi connectivity index (χ0) is 15.2. The molecule has 2 rings (SSSR count). The van der Waals surface area contributed by atoms with Gasteiger partial charge in [0.2, 0.25) is 0 Å². The molecule has 0 saturated heterocycles. The molecule has 1 atom stereocenters. The van der Waals surface area contributed by atoms with Crippen molar-refractivity contribution in [2.24, 2.45) is 0 Å². The number of benzene rings is 1. The van der Waals surface area contributed by atoms with Crippen LogP contribution in [-0.4, -0.2) is 27.0 Å². The fraction of sp³-hybridized carbons (Fsp3) is 0.438. The van der Waals surface area contributed by atoms with Gasteiger partial charge in [0.05, 0.1) is 19.4 Å². The number of rotatable bonds is 7. The summed E-state index contributed by atoms with van der Waals surface area (Å²) in [5.41, 5.74) is 1.90. The van der Waals surface area contributed by atoms with Crippen molar-refractivity contribution in [3.63, 3.8) is 0 Å². The first-order valence-corrected chi connectivity index (χ1v) is 8.00. The van der Waals surface area contributed by atoms with Crippen molar-refractivity contribution < 1.29 is 9.84 Å². The first-order chi connectivity index (χ1) is 10.2. The van der Waals surface area contributed by atoms with Crippen molar-refractivity contribution in [3.8, 4) is 5.75 Å². The van der Waals surface area contributed by atoms with Crippen LogP contribution in [0.3, 0.4) is 0 Å². The number of thioether (sulfide) groups is 1. The highest BCUT2D eigenvalue weighted by Gasteiger charge is 2.12. The van der Waals surface area contributed by atoms with E-state index >= 15 is 0 Å². The van der Waals surface area contributed by atoms with Crippen molar-refractivity contribution in [2.45, 2.75) is 43.8 Å². The molecule has 0 spiro atoms. The average Bonchev–Trinajstić information content (AvgIpc) is 2.89. The minimum Gasteiger partial charge on any atom is -0.497 e. The number of ether oxygens (including phenoxy) is 1. The third-order valence-corrected chi connectivity index (χ3v) is 4.62. The highest BCUT2D eigenvalue weighted by molar-refractivity contribution is 7.99. The van der Waals surface area contributed by atoms with Gasteiger partial charge in [-0.15, -0.1) is 0 Å². The topological polar surface area (TPSA) is 47.3 Å². The van der Waals surface area contributed by atoms with Crippen molar-refractivity contribution >= 4 is 11.8 Å². The van der Waals surface area contributed by atoms with E-state index in [1.165, 1.54) is 5.56 Å². The van der Waals surface area contributed by atoms with Gasteiger partial charge in [-0.2, -0.15) is 0 Å². The smallest absolute Gasteiger partial charge is 0.168 e. The maximum Gasteiger partial charge on any atom is 0.168 e. The van der Waals surface area contributed by atoms with Crippen LogP contribution in [0.2, 0.25) is 0 Å². The van der Waals surface area contributed by atoms with Crippen molar-refractivity contribution in [1.82, 2.24) is 9.55 Å². The summed E-state index contributed by atoms with van der Waals surface area (Å²) in [6.45, 7) is 5.08. The minimum atomic E-state index is -0.0241. The molecule has 114 valence electrons. The van der Waals surface area contributed by atoms with E-state index in [0.29, 0.717) is 10.9 Å². The van der Waals surface area contributed by atoms with E-state index in [1.807, 2.05) is 18.3 Å². The van der Waals surface area contributed by atoms with Crippen LogP contribution in [0.15, 0.2) is 35.6 Å². The molecule has 2 aromatic rings. The van der Waals surface area contributed by atoms with Gasteiger partial charge in [-0.3, -0.25) is 0 Å². The van der Waals surface area contributed by atoms with E-state index in [0.717, 1.165) is 23.9 Å². The highest BCUT2D eigenvalue weighted by Crippen LogP contribution is 2.25. The Morgan fingerprint density at radius 1 is 1.33 bits per heavy atom. The summed E-state index contributed by atoms with van der Waals surface area (Å²) in [7, 11) is 1.67. The van der Waals surface area contributed by atoms with Gasteiger partial charge in [0, 0.05) is 18.0 Å². The molecule has 0 aliphatic carbocycles. The molecule has 0 radical (unpaired) electrons. The molecule has 0 aliphatic heterocycles. The van der Waals surface area contributed by atoms with Crippen LogP contribution >= 0.6 is 11.8 Å². The number of aliphatic hydroxyl groups excluding tert-OH is 1. The van der Waals surface area contributed by atoms with Crippen LogP contribution in [0.1, 0.15) is 31.5 Å². The van der Waals surface area contributed by atoms with E-state index in [-0.39, 0.29) is 6.61 Å². The van der Waals surface area contributed by atoms with Crippen LogP contribution in [0.5, 0.6) is 5.75 Å². The Morgan fingerprint density at radius 2 is 2.05 bits per heavy atom. The van der Waals surface area contributed by atoms with Crippen LogP contribution in [0.4, 0.5) is 0 Å². The Morgan fingerprint density at radius 3 is 2.62 bits per heavy atom. The summed E-state index contributed by atoms with van der Waals surface area (Å²) in [5.74, 6) is 0.856. The van der Waals surface area contributed by atoms with Crippen molar-refractivity contribution in [2.75, 3.05) is 7.11 Å². The van der Waals surface area contributed by atoms with Crippen molar-refractivity contribution in [3.05, 3.63) is 41.7 Å². The summed E-state index contributed by atoms with van der Waals surface area (Å²) >= 11 is 1.75. The van der Waals surface area contributed by atoms with Gasteiger partial charge in [0.25, 0.3) is 0 Å². The number of methoxy groups -OCH3 is 1. The molecule has 1 aromatic heterocycles. The van der Waals surface area contributed by atoms with Gasteiger partial charge >= 0.3 is 0 Å². The first kappa shape index (κ1) is 15.9. The molecule has 0 fully saturated rings. The molecule has 0 aliphatic rings. The highest BCUT2D eigenvalue weighted by atomic mass is 32.2. The number of imidazole rings is 1. The lowest BCUT2D eigenvalue weighted by atomic mass is 10.2. The lowest BCUT2D eigenvalue weighted by Gasteiger charge is -2.11. The Bertz CT molecular complexity index is 566. The van der Waals surface area contributed by atoms with Gasteiger partial charge < -0.3 is 14.4 Å². The Labute approximate surface area is 130 Å². The fourth-order valence-corrected chi connectivity index (χ4v) is 2.87. The molecule has 0 amide bonds. The number of hydrogen-bond acceptors (Lipinski definition) is 4. The molecular formula is C16H22N2O2S. The van der Waals surface area contributed by atoms with Crippen LogP contribution < -0.4 is 4.74 Å². The molecule has 21 heavy (non-hydrogen) atoms. The molecule has 0 bridgehead atoms. The molecular weight excluding hydrogens is 284 g/mol. The van der Waals surface area contributed by atoms with Gasteiger partial charge in [0.15, 0.2) is 5.16 Å².